The Balaban J connectivity index is 1.74. The summed E-state index contributed by atoms with van der Waals surface area (Å²) in [6.07, 6.45) is 6.89. The maximum Gasteiger partial charge on any atom is 0.0471 e. The molecule has 1 atom stereocenters. The fourth-order valence-corrected chi connectivity index (χ4v) is 4.24. The lowest BCUT2D eigenvalue weighted by Gasteiger charge is -2.49. The third-order valence-corrected chi connectivity index (χ3v) is 5.34. The van der Waals surface area contributed by atoms with Gasteiger partial charge in [0.25, 0.3) is 0 Å². The highest BCUT2D eigenvalue weighted by atomic mass is 16.5. The van der Waals surface area contributed by atoms with E-state index in [4.69, 9.17) is 4.74 Å². The monoisotopic (exact) mass is 238 g/mol. The molecule has 98 valence electrons. The molecule has 0 radical (unpaired) electrons. The maximum absolute atomic E-state index is 5.59. The number of hydrogen-bond donors (Lipinski definition) is 1. The molecule has 2 saturated heterocycles. The van der Waals surface area contributed by atoms with E-state index in [2.05, 4.69) is 17.1 Å². The molecule has 17 heavy (non-hydrogen) atoms. The summed E-state index contributed by atoms with van der Waals surface area (Å²) in [4.78, 5) is 2.80. The molecule has 3 aliphatic rings. The number of likely N-dealkylation sites (N-methyl/N-ethyl adjacent to an activating group) is 1. The second kappa shape index (κ2) is 4.87. The van der Waals surface area contributed by atoms with Crippen LogP contribution in [-0.2, 0) is 4.74 Å². The molecule has 2 heterocycles. The van der Waals surface area contributed by atoms with Gasteiger partial charge in [-0.1, -0.05) is 13.3 Å². The van der Waals surface area contributed by atoms with Gasteiger partial charge in [-0.25, -0.2) is 0 Å². The van der Waals surface area contributed by atoms with Crippen molar-refractivity contribution >= 4 is 0 Å². The van der Waals surface area contributed by atoms with Crippen LogP contribution in [0.3, 0.4) is 0 Å². The quantitative estimate of drug-likeness (QED) is 0.809. The molecule has 0 amide bonds. The fourth-order valence-electron chi connectivity index (χ4n) is 4.24. The van der Waals surface area contributed by atoms with Crippen LogP contribution in [0, 0.1) is 5.41 Å². The summed E-state index contributed by atoms with van der Waals surface area (Å²) in [5.74, 6) is 0. The molecule has 1 unspecified atom stereocenters. The van der Waals surface area contributed by atoms with Gasteiger partial charge in [0.05, 0.1) is 0 Å². The van der Waals surface area contributed by atoms with E-state index in [1.165, 1.54) is 51.7 Å². The van der Waals surface area contributed by atoms with Gasteiger partial charge < -0.3 is 10.1 Å². The van der Waals surface area contributed by atoms with Gasteiger partial charge in [-0.05, 0) is 37.6 Å². The molecule has 1 spiro atoms. The summed E-state index contributed by atoms with van der Waals surface area (Å²) >= 11 is 0. The van der Waals surface area contributed by atoms with E-state index in [9.17, 15) is 0 Å². The number of ether oxygens (including phenoxy) is 1. The molecule has 1 N–H and O–H groups in total. The Morgan fingerprint density at radius 2 is 2.00 bits per heavy atom. The Kier molecular flexibility index (Phi) is 3.42. The minimum atomic E-state index is 0.601. The van der Waals surface area contributed by atoms with Crippen molar-refractivity contribution in [3.8, 4) is 0 Å². The third kappa shape index (κ3) is 2.02. The van der Waals surface area contributed by atoms with Crippen LogP contribution in [0.1, 0.15) is 39.0 Å². The Hall–Kier alpha value is -0.120. The first-order valence-electron chi connectivity index (χ1n) is 7.40. The highest BCUT2D eigenvalue weighted by molar-refractivity contribution is 5.01. The van der Waals surface area contributed by atoms with Gasteiger partial charge in [0.2, 0.25) is 0 Å². The standard InChI is InChI=1S/C14H26N2O/c1-2-16(12-10-15-11-12)13-4-3-5-14(13)6-8-17-9-7-14/h12-13,15H,2-11H2,1H3. The predicted molar refractivity (Wildman–Crippen MR) is 69.2 cm³/mol. The van der Waals surface area contributed by atoms with Crippen molar-refractivity contribution in [3.05, 3.63) is 0 Å². The molecule has 3 fully saturated rings. The molecule has 0 aromatic heterocycles. The average molecular weight is 238 g/mol. The Bertz CT molecular complexity index is 259. The zero-order chi connectivity index (χ0) is 11.7. The molecule has 0 bridgehead atoms. The first-order valence-corrected chi connectivity index (χ1v) is 7.40. The molecular formula is C14H26N2O. The SMILES string of the molecule is CCN(C1CNC1)C1CCCC12CCOCC2. The fraction of sp³-hybridized carbons (Fsp3) is 1.00. The zero-order valence-electron chi connectivity index (χ0n) is 11.1. The minimum Gasteiger partial charge on any atom is -0.381 e. The van der Waals surface area contributed by atoms with Crippen molar-refractivity contribution < 1.29 is 4.74 Å². The van der Waals surface area contributed by atoms with Crippen molar-refractivity contribution in [2.45, 2.75) is 51.1 Å². The molecule has 1 saturated carbocycles. The molecule has 0 aromatic rings. The van der Waals surface area contributed by atoms with E-state index in [-0.39, 0.29) is 0 Å². The molecule has 0 aromatic carbocycles. The number of nitrogens with one attached hydrogen (secondary N) is 1. The molecule has 3 nitrogen and oxygen atoms in total. The van der Waals surface area contributed by atoms with Gasteiger partial charge in [0.1, 0.15) is 0 Å². The number of rotatable bonds is 3. The van der Waals surface area contributed by atoms with Gasteiger partial charge in [0.15, 0.2) is 0 Å². The van der Waals surface area contributed by atoms with Crippen LogP contribution in [0.5, 0.6) is 0 Å². The van der Waals surface area contributed by atoms with Crippen molar-refractivity contribution in [1.29, 1.82) is 0 Å². The Morgan fingerprint density at radius 3 is 2.59 bits per heavy atom. The van der Waals surface area contributed by atoms with Gasteiger partial charge >= 0.3 is 0 Å². The summed E-state index contributed by atoms with van der Waals surface area (Å²) in [6, 6.07) is 1.64. The molecule has 2 aliphatic heterocycles. The highest BCUT2D eigenvalue weighted by Crippen LogP contribution is 2.48. The lowest BCUT2D eigenvalue weighted by atomic mass is 9.74. The summed E-state index contributed by atoms with van der Waals surface area (Å²) in [7, 11) is 0. The molecular weight excluding hydrogens is 212 g/mol. The van der Waals surface area contributed by atoms with E-state index in [1.807, 2.05) is 0 Å². The maximum atomic E-state index is 5.59. The van der Waals surface area contributed by atoms with E-state index in [1.54, 1.807) is 0 Å². The zero-order valence-corrected chi connectivity index (χ0v) is 11.1. The Labute approximate surface area is 105 Å². The predicted octanol–water partition coefficient (Wildman–Crippen LogP) is 1.63. The lowest BCUT2D eigenvalue weighted by molar-refractivity contribution is -0.0410. The normalized spacial score (nSPS) is 33.2. The van der Waals surface area contributed by atoms with Crippen LogP contribution in [0.4, 0.5) is 0 Å². The number of hydrogen-bond acceptors (Lipinski definition) is 3. The topological polar surface area (TPSA) is 24.5 Å². The van der Waals surface area contributed by atoms with E-state index in [0.717, 1.165) is 25.3 Å². The van der Waals surface area contributed by atoms with Gasteiger partial charge in [-0.15, -0.1) is 0 Å². The summed E-state index contributed by atoms with van der Waals surface area (Å²) < 4.78 is 5.59. The van der Waals surface area contributed by atoms with E-state index < -0.39 is 0 Å². The van der Waals surface area contributed by atoms with Crippen LogP contribution < -0.4 is 5.32 Å². The van der Waals surface area contributed by atoms with Gasteiger partial charge in [-0.2, -0.15) is 0 Å². The number of nitrogens with zero attached hydrogens (tertiary/aromatic N) is 1. The van der Waals surface area contributed by atoms with Crippen LogP contribution >= 0.6 is 0 Å². The molecule has 3 rings (SSSR count). The summed E-state index contributed by atoms with van der Waals surface area (Å²) in [5, 5.41) is 3.42. The first-order chi connectivity index (χ1) is 8.36. The summed E-state index contributed by atoms with van der Waals surface area (Å²) in [5.41, 5.74) is 0.601. The van der Waals surface area contributed by atoms with Crippen molar-refractivity contribution in [2.75, 3.05) is 32.8 Å². The largest absolute Gasteiger partial charge is 0.381 e. The first kappa shape index (κ1) is 11.9. The van der Waals surface area contributed by atoms with Gasteiger partial charge in [-0.3, -0.25) is 4.90 Å². The second-order valence-electron chi connectivity index (χ2n) is 6.03. The molecule has 3 heteroatoms. The minimum absolute atomic E-state index is 0.601. The lowest BCUT2D eigenvalue weighted by Crippen LogP contribution is -2.62. The van der Waals surface area contributed by atoms with Gasteiger partial charge in [0, 0.05) is 38.4 Å². The highest BCUT2D eigenvalue weighted by Gasteiger charge is 2.47. The van der Waals surface area contributed by atoms with Crippen molar-refractivity contribution in [2.24, 2.45) is 5.41 Å². The van der Waals surface area contributed by atoms with Crippen LogP contribution in [0.25, 0.3) is 0 Å². The second-order valence-corrected chi connectivity index (χ2v) is 6.03. The van der Waals surface area contributed by atoms with E-state index in [0.29, 0.717) is 5.41 Å². The van der Waals surface area contributed by atoms with E-state index >= 15 is 0 Å². The van der Waals surface area contributed by atoms with Crippen molar-refractivity contribution in [1.82, 2.24) is 10.2 Å². The third-order valence-electron chi connectivity index (χ3n) is 5.34. The average Bonchev–Trinajstić information content (AvgIpc) is 2.68. The smallest absolute Gasteiger partial charge is 0.0471 e. The summed E-state index contributed by atoms with van der Waals surface area (Å²) in [6.45, 7) is 7.96. The van der Waals surface area contributed by atoms with Crippen LogP contribution in [-0.4, -0.2) is 49.8 Å². The molecule has 1 aliphatic carbocycles. The Morgan fingerprint density at radius 1 is 1.24 bits per heavy atom. The van der Waals surface area contributed by atoms with Crippen LogP contribution in [0.15, 0.2) is 0 Å². The van der Waals surface area contributed by atoms with Crippen molar-refractivity contribution in [3.63, 3.8) is 0 Å². The van der Waals surface area contributed by atoms with Crippen LogP contribution in [0.2, 0.25) is 0 Å².